The van der Waals surface area contributed by atoms with Crippen LogP contribution in [0.25, 0.3) is 16.9 Å². The number of imidazole rings is 1. The van der Waals surface area contributed by atoms with E-state index in [4.69, 9.17) is 0 Å². The number of anilines is 1. The molecule has 0 atom stereocenters. The van der Waals surface area contributed by atoms with Crippen LogP contribution in [0.4, 0.5) is 23.2 Å². The van der Waals surface area contributed by atoms with E-state index >= 15 is 0 Å². The van der Waals surface area contributed by atoms with Crippen molar-refractivity contribution in [3.8, 4) is 16.9 Å². The van der Waals surface area contributed by atoms with Crippen LogP contribution in [0.15, 0.2) is 43.0 Å². The lowest BCUT2D eigenvalue weighted by atomic mass is 9.86. The Labute approximate surface area is 179 Å². The van der Waals surface area contributed by atoms with E-state index in [0.29, 0.717) is 27.6 Å². The summed E-state index contributed by atoms with van der Waals surface area (Å²) in [6.07, 6.45) is -1.29. The Morgan fingerprint density at radius 2 is 1.84 bits per heavy atom. The molecule has 1 amide bonds. The van der Waals surface area contributed by atoms with Gasteiger partial charge in [0.15, 0.2) is 5.82 Å². The van der Waals surface area contributed by atoms with Gasteiger partial charge in [-0.2, -0.15) is 13.2 Å². The predicted octanol–water partition coefficient (Wildman–Crippen LogP) is 4.03. The summed E-state index contributed by atoms with van der Waals surface area (Å²) in [6.45, 7) is 4.73. The summed E-state index contributed by atoms with van der Waals surface area (Å²) in [5.41, 5.74) is 0.767. The van der Waals surface area contributed by atoms with Crippen molar-refractivity contribution in [2.75, 3.05) is 5.06 Å². The molecule has 0 bridgehead atoms. The van der Waals surface area contributed by atoms with Gasteiger partial charge in [0.05, 0.1) is 28.7 Å². The van der Waals surface area contributed by atoms with Crippen LogP contribution in [0.3, 0.4) is 0 Å². The van der Waals surface area contributed by atoms with Crippen LogP contribution in [0.5, 0.6) is 0 Å². The predicted molar refractivity (Wildman–Crippen MR) is 104 cm³/mol. The summed E-state index contributed by atoms with van der Waals surface area (Å²) in [7, 11) is 0. The maximum absolute atomic E-state index is 14.1. The number of hydrogen-bond donors (Lipinski definition) is 0. The highest BCUT2D eigenvalue weighted by Gasteiger charge is 2.50. The van der Waals surface area contributed by atoms with Crippen molar-refractivity contribution in [3.05, 3.63) is 60.1 Å². The monoisotopic (exact) mass is 448 g/mol. The van der Waals surface area contributed by atoms with Gasteiger partial charge in [0, 0.05) is 17.5 Å². The zero-order chi connectivity index (χ0) is 23.4. The summed E-state index contributed by atoms with van der Waals surface area (Å²) < 4.78 is 53.7. The molecule has 1 aliphatic rings. The minimum absolute atomic E-state index is 0.00409. The Hall–Kier alpha value is -3.76. The van der Waals surface area contributed by atoms with Crippen LogP contribution in [0.2, 0.25) is 0 Å². The molecule has 1 aliphatic heterocycles. The summed E-state index contributed by atoms with van der Waals surface area (Å²) in [6, 6.07) is 6.11. The van der Waals surface area contributed by atoms with Crippen molar-refractivity contribution < 1.29 is 32.0 Å². The van der Waals surface area contributed by atoms with Gasteiger partial charge in [-0.3, -0.25) is 9.78 Å². The average Bonchev–Trinajstić information content (AvgIpc) is 3.27. The Morgan fingerprint density at radius 1 is 1.12 bits per heavy atom. The number of amides is 1. The third kappa shape index (κ3) is 3.49. The van der Waals surface area contributed by atoms with Gasteiger partial charge in [-0.15, -0.1) is 5.06 Å². The topological polar surface area (TPSA) is 77.3 Å². The molecule has 0 radical (unpaired) electrons. The highest BCUT2D eigenvalue weighted by atomic mass is 19.4. The molecule has 0 aliphatic carbocycles. The summed E-state index contributed by atoms with van der Waals surface area (Å²) >= 11 is 0. The van der Waals surface area contributed by atoms with E-state index in [0.717, 1.165) is 6.20 Å². The van der Waals surface area contributed by atoms with Crippen molar-refractivity contribution >= 4 is 17.6 Å². The largest absolute Gasteiger partial charge is 0.493 e. The molecule has 0 N–H and O–H groups in total. The van der Waals surface area contributed by atoms with Crippen LogP contribution in [0, 0.1) is 12.7 Å². The maximum atomic E-state index is 14.1. The minimum atomic E-state index is -5.27. The summed E-state index contributed by atoms with van der Waals surface area (Å²) in [4.78, 5) is 36.5. The first-order chi connectivity index (χ1) is 14.9. The lowest BCUT2D eigenvalue weighted by Gasteiger charge is -2.19. The normalized spacial score (nSPS) is 15.1. The molecule has 0 saturated carbocycles. The van der Waals surface area contributed by atoms with Crippen molar-refractivity contribution in [1.29, 1.82) is 0 Å². The van der Waals surface area contributed by atoms with E-state index in [1.54, 1.807) is 19.1 Å². The van der Waals surface area contributed by atoms with E-state index in [9.17, 15) is 27.2 Å². The highest BCUT2D eigenvalue weighted by molar-refractivity contribution is 6.07. The lowest BCUT2D eigenvalue weighted by Crippen LogP contribution is -2.41. The van der Waals surface area contributed by atoms with E-state index in [-0.39, 0.29) is 11.4 Å². The molecule has 0 unspecified atom stereocenters. The Kier molecular flexibility index (Phi) is 4.79. The lowest BCUT2D eigenvalue weighted by molar-refractivity contribution is -0.201. The van der Waals surface area contributed by atoms with Crippen LogP contribution >= 0.6 is 0 Å². The van der Waals surface area contributed by atoms with Gasteiger partial charge in [-0.25, -0.2) is 14.2 Å². The fourth-order valence-corrected chi connectivity index (χ4v) is 3.42. The van der Waals surface area contributed by atoms with Gasteiger partial charge in [0.1, 0.15) is 6.33 Å². The number of fused-ring (bicyclic) bond motifs is 1. The van der Waals surface area contributed by atoms with Gasteiger partial charge in [-0.05, 0) is 38.5 Å². The first-order valence-electron chi connectivity index (χ1n) is 9.34. The van der Waals surface area contributed by atoms with Crippen LogP contribution in [-0.4, -0.2) is 32.6 Å². The Bertz CT molecular complexity index is 1250. The second-order valence-corrected chi connectivity index (χ2v) is 7.78. The molecule has 0 saturated heterocycles. The number of benzene rings is 1. The van der Waals surface area contributed by atoms with E-state index < -0.39 is 29.3 Å². The van der Waals surface area contributed by atoms with Gasteiger partial charge in [0.25, 0.3) is 5.91 Å². The number of carbonyl (C=O) groups is 2. The van der Waals surface area contributed by atoms with Crippen LogP contribution in [0.1, 0.15) is 25.1 Å². The molecule has 11 heteroatoms. The molecule has 7 nitrogen and oxygen atoms in total. The van der Waals surface area contributed by atoms with Crippen molar-refractivity contribution in [2.45, 2.75) is 32.4 Å². The molecule has 0 fully saturated rings. The van der Waals surface area contributed by atoms with Gasteiger partial charge >= 0.3 is 12.1 Å². The molecule has 3 heterocycles. The highest BCUT2D eigenvalue weighted by Crippen LogP contribution is 2.43. The number of nitrogens with zero attached hydrogens (tertiary/aromatic N) is 4. The maximum Gasteiger partial charge on any atom is 0.493 e. The number of pyridine rings is 1. The first-order valence-corrected chi connectivity index (χ1v) is 9.34. The molecular formula is C21H16F4N4O3. The van der Waals surface area contributed by atoms with E-state index in [1.165, 1.54) is 43.1 Å². The van der Waals surface area contributed by atoms with Crippen molar-refractivity contribution in [3.63, 3.8) is 0 Å². The smallest absolute Gasteiger partial charge is 0.324 e. The summed E-state index contributed by atoms with van der Waals surface area (Å²) in [5, 5.41) is 0.359. The standard InChI is InChI=1S/C21H16F4N4O3/c1-11-6-17(14(22)8-26-11)28-9-15(27-10-28)12-4-5-13-16(7-12)29(18(30)20(13,2)3)32-19(31)21(23,24)25/h4-10H,1-3H3. The van der Waals surface area contributed by atoms with Gasteiger partial charge < -0.3 is 9.40 Å². The average molecular weight is 448 g/mol. The van der Waals surface area contributed by atoms with Gasteiger partial charge in [0.2, 0.25) is 0 Å². The molecule has 166 valence electrons. The molecule has 1 aromatic carbocycles. The number of alkyl halides is 3. The zero-order valence-corrected chi connectivity index (χ0v) is 17.1. The quantitative estimate of drug-likeness (QED) is 0.566. The number of aromatic nitrogens is 3. The van der Waals surface area contributed by atoms with Gasteiger partial charge in [-0.1, -0.05) is 12.1 Å². The number of aryl methyl sites for hydroxylation is 1. The third-order valence-corrected chi connectivity index (χ3v) is 5.14. The second kappa shape index (κ2) is 7.14. The molecule has 32 heavy (non-hydrogen) atoms. The van der Waals surface area contributed by atoms with E-state index in [1.807, 2.05) is 0 Å². The SMILES string of the molecule is Cc1cc(-n2cnc(-c3ccc4c(c3)N(OC(=O)C(F)(F)F)C(=O)C4(C)C)c2)c(F)cn1. The van der Waals surface area contributed by atoms with Crippen molar-refractivity contribution in [2.24, 2.45) is 0 Å². The van der Waals surface area contributed by atoms with Crippen molar-refractivity contribution in [1.82, 2.24) is 14.5 Å². The summed E-state index contributed by atoms with van der Waals surface area (Å²) in [5.74, 6) is -3.89. The molecular weight excluding hydrogens is 432 g/mol. The van der Waals surface area contributed by atoms with E-state index in [2.05, 4.69) is 14.8 Å². The Morgan fingerprint density at radius 3 is 2.53 bits per heavy atom. The number of rotatable bonds is 3. The molecule has 4 rings (SSSR count). The zero-order valence-electron chi connectivity index (χ0n) is 17.1. The fraction of sp³-hybridized carbons (Fsp3) is 0.238. The number of halogens is 4. The number of carbonyl (C=O) groups excluding carboxylic acids is 2. The fourth-order valence-electron chi connectivity index (χ4n) is 3.42. The minimum Gasteiger partial charge on any atom is -0.324 e. The molecule has 3 aromatic rings. The Balaban J connectivity index is 1.74. The first kappa shape index (κ1) is 21.5. The third-order valence-electron chi connectivity index (χ3n) is 5.14. The number of hydrogen-bond acceptors (Lipinski definition) is 5. The number of hydroxylamine groups is 1. The van der Waals surface area contributed by atoms with Crippen LogP contribution in [-0.2, 0) is 19.8 Å². The molecule has 0 spiro atoms. The molecule has 2 aromatic heterocycles. The second-order valence-electron chi connectivity index (χ2n) is 7.78. The van der Waals surface area contributed by atoms with Crippen LogP contribution < -0.4 is 5.06 Å².